The Morgan fingerprint density at radius 3 is 2.40 bits per heavy atom. The first kappa shape index (κ1) is 30.6. The third-order valence-electron chi connectivity index (χ3n) is 8.34. The van der Waals surface area contributed by atoms with Crippen LogP contribution in [0.5, 0.6) is 11.5 Å². The van der Waals surface area contributed by atoms with Crippen molar-refractivity contribution in [2.45, 2.75) is 47.0 Å². The van der Waals surface area contributed by atoms with Gasteiger partial charge in [-0.25, -0.2) is 4.98 Å². The van der Waals surface area contributed by atoms with Crippen molar-refractivity contribution in [1.29, 1.82) is 0 Å². The average Bonchev–Trinajstić information content (AvgIpc) is 3.53. The van der Waals surface area contributed by atoms with E-state index in [2.05, 4.69) is 105 Å². The van der Waals surface area contributed by atoms with Crippen molar-refractivity contribution in [2.75, 3.05) is 0 Å². The van der Waals surface area contributed by atoms with Crippen LogP contribution in [0.25, 0.3) is 44.4 Å². The van der Waals surface area contributed by atoms with Crippen LogP contribution < -0.4 is 4.74 Å². The molecule has 0 aliphatic rings. The van der Waals surface area contributed by atoms with Crippen LogP contribution >= 0.6 is 0 Å². The predicted molar refractivity (Wildman–Crippen MR) is 178 cm³/mol. The molecule has 4 aromatic carbocycles. The smallest absolute Gasteiger partial charge is 0.509 e. The molecule has 7 rings (SSSR count). The standard InChI is InChI=1S/C39H34N4O.Pt/c1-6-28-19-20-40-38(21-28)42-36-18-15-30(25(2)3)22-35(36)34-17-16-33(24-37(34)42)44-32-14-10-13-31(23-32)43-27(5)39(26(4)41-43)29-11-8-7-9-12-29;/h7-22,25H,6H2,1-5H3;/q-2;+2. The van der Waals surface area contributed by atoms with Gasteiger partial charge in [-0.05, 0) is 72.1 Å². The molecule has 226 valence electrons. The van der Waals surface area contributed by atoms with Crippen LogP contribution in [0, 0.1) is 26.0 Å². The number of ether oxygens (including phenoxy) is 1. The third-order valence-corrected chi connectivity index (χ3v) is 8.34. The number of hydrogen-bond acceptors (Lipinski definition) is 3. The second kappa shape index (κ2) is 12.5. The molecule has 0 atom stereocenters. The van der Waals surface area contributed by atoms with Crippen molar-refractivity contribution in [2.24, 2.45) is 0 Å². The Morgan fingerprint density at radius 2 is 1.62 bits per heavy atom. The van der Waals surface area contributed by atoms with Gasteiger partial charge in [-0.1, -0.05) is 68.8 Å². The van der Waals surface area contributed by atoms with Gasteiger partial charge in [0.2, 0.25) is 0 Å². The Hall–Kier alpha value is -4.47. The van der Waals surface area contributed by atoms with E-state index in [1.165, 1.54) is 16.5 Å². The maximum atomic E-state index is 6.42. The molecule has 0 N–H and O–H groups in total. The molecule has 6 heteroatoms. The molecule has 0 saturated carbocycles. The number of aryl methyl sites for hydroxylation is 2. The first-order chi connectivity index (χ1) is 21.4. The average molecular weight is 770 g/mol. The van der Waals surface area contributed by atoms with Crippen LogP contribution in [-0.2, 0) is 27.5 Å². The molecule has 0 aliphatic carbocycles. The van der Waals surface area contributed by atoms with Crippen LogP contribution in [0.4, 0.5) is 0 Å². The van der Waals surface area contributed by atoms with Gasteiger partial charge in [0.15, 0.2) is 0 Å². The fourth-order valence-electron chi connectivity index (χ4n) is 6.04. The van der Waals surface area contributed by atoms with E-state index in [0.29, 0.717) is 17.4 Å². The predicted octanol–water partition coefficient (Wildman–Crippen LogP) is 9.72. The zero-order chi connectivity index (χ0) is 30.4. The summed E-state index contributed by atoms with van der Waals surface area (Å²) in [5.41, 5.74) is 9.72. The van der Waals surface area contributed by atoms with Gasteiger partial charge in [-0.2, -0.15) is 17.2 Å². The SMILES string of the molecule is CCc1ccnc(-n2c3[c-]c(Oc4[c-]c(-n5nc(C)c(-c6ccccc6)c5C)ccc4)ccc3c3cc(C(C)C)ccc32)c1.[Pt+2]. The first-order valence-electron chi connectivity index (χ1n) is 15.2. The molecule has 0 amide bonds. The maximum Gasteiger partial charge on any atom is 2.00 e. The molecule has 7 aromatic rings. The number of fused-ring (bicyclic) bond motifs is 3. The summed E-state index contributed by atoms with van der Waals surface area (Å²) in [6, 6.07) is 38.4. The van der Waals surface area contributed by atoms with E-state index >= 15 is 0 Å². The van der Waals surface area contributed by atoms with Crippen molar-refractivity contribution >= 4 is 21.8 Å². The van der Waals surface area contributed by atoms with Crippen LogP contribution in [0.15, 0.2) is 97.2 Å². The van der Waals surface area contributed by atoms with Crippen LogP contribution in [0.3, 0.4) is 0 Å². The van der Waals surface area contributed by atoms with Gasteiger partial charge in [0, 0.05) is 34.5 Å². The molecule has 0 saturated heterocycles. The van der Waals surface area contributed by atoms with Gasteiger partial charge in [0.05, 0.1) is 5.69 Å². The van der Waals surface area contributed by atoms with Gasteiger partial charge in [0.1, 0.15) is 5.82 Å². The van der Waals surface area contributed by atoms with E-state index in [9.17, 15) is 0 Å². The van der Waals surface area contributed by atoms with Gasteiger partial charge in [-0.3, -0.25) is 4.68 Å². The topological polar surface area (TPSA) is 44.9 Å². The summed E-state index contributed by atoms with van der Waals surface area (Å²) in [6.45, 7) is 10.8. The molecule has 0 aliphatic heterocycles. The number of benzene rings is 4. The molecule has 3 aromatic heterocycles. The minimum atomic E-state index is 0. The molecular formula is C39H34N4OPt. The van der Waals surface area contributed by atoms with Crippen LogP contribution in [0.2, 0.25) is 0 Å². The molecule has 0 fully saturated rings. The van der Waals surface area contributed by atoms with Crippen molar-refractivity contribution in [1.82, 2.24) is 19.3 Å². The molecule has 0 spiro atoms. The van der Waals surface area contributed by atoms with Crippen molar-refractivity contribution < 1.29 is 25.8 Å². The van der Waals surface area contributed by atoms with Crippen molar-refractivity contribution in [3.8, 4) is 34.1 Å². The summed E-state index contributed by atoms with van der Waals surface area (Å²) in [4.78, 5) is 4.77. The minimum absolute atomic E-state index is 0. The summed E-state index contributed by atoms with van der Waals surface area (Å²) in [6.07, 6.45) is 2.83. The molecule has 3 heterocycles. The Balaban J connectivity index is 0.00000357. The summed E-state index contributed by atoms with van der Waals surface area (Å²) >= 11 is 0. The first-order valence-corrected chi connectivity index (χ1v) is 15.2. The summed E-state index contributed by atoms with van der Waals surface area (Å²) in [5, 5.41) is 7.16. The summed E-state index contributed by atoms with van der Waals surface area (Å²) < 4.78 is 10.6. The maximum absolute atomic E-state index is 6.42. The van der Waals surface area contributed by atoms with E-state index in [1.54, 1.807) is 0 Å². The molecule has 5 nitrogen and oxygen atoms in total. The second-order valence-corrected chi connectivity index (χ2v) is 11.6. The van der Waals surface area contributed by atoms with Gasteiger partial charge in [-0.15, -0.1) is 35.7 Å². The second-order valence-electron chi connectivity index (χ2n) is 11.6. The van der Waals surface area contributed by atoms with E-state index in [1.807, 2.05) is 48.1 Å². The molecule has 45 heavy (non-hydrogen) atoms. The Labute approximate surface area is 278 Å². The molecule has 0 unspecified atom stereocenters. The quantitative estimate of drug-likeness (QED) is 0.152. The largest absolute Gasteiger partial charge is 2.00 e. The number of nitrogens with zero attached hydrogens (tertiary/aromatic N) is 4. The summed E-state index contributed by atoms with van der Waals surface area (Å²) in [7, 11) is 0. The monoisotopic (exact) mass is 769 g/mol. The molecule has 0 bridgehead atoms. The Bertz CT molecular complexity index is 2140. The fourth-order valence-corrected chi connectivity index (χ4v) is 6.04. The van der Waals surface area contributed by atoms with E-state index in [-0.39, 0.29) is 21.1 Å². The normalized spacial score (nSPS) is 11.3. The molecule has 0 radical (unpaired) electrons. The summed E-state index contributed by atoms with van der Waals surface area (Å²) in [5.74, 6) is 2.52. The van der Waals surface area contributed by atoms with E-state index in [0.717, 1.165) is 56.9 Å². The zero-order valence-corrected chi connectivity index (χ0v) is 28.3. The third kappa shape index (κ3) is 5.62. The number of pyridine rings is 1. The van der Waals surface area contributed by atoms with E-state index < -0.39 is 0 Å². The zero-order valence-electron chi connectivity index (χ0n) is 26.0. The number of hydrogen-bond donors (Lipinski definition) is 0. The Kier molecular flexibility index (Phi) is 8.48. The van der Waals surface area contributed by atoms with Crippen molar-refractivity contribution in [3.05, 3.63) is 132 Å². The minimum Gasteiger partial charge on any atom is -0.509 e. The van der Waals surface area contributed by atoms with Crippen molar-refractivity contribution in [3.63, 3.8) is 0 Å². The number of aromatic nitrogens is 4. The molecular weight excluding hydrogens is 736 g/mol. The van der Waals surface area contributed by atoms with E-state index in [4.69, 9.17) is 14.8 Å². The van der Waals surface area contributed by atoms with Crippen LogP contribution in [0.1, 0.15) is 49.2 Å². The number of rotatable bonds is 7. The Morgan fingerprint density at radius 1 is 0.822 bits per heavy atom. The van der Waals surface area contributed by atoms with Gasteiger partial charge >= 0.3 is 21.1 Å². The van der Waals surface area contributed by atoms with Gasteiger partial charge < -0.3 is 9.30 Å². The van der Waals surface area contributed by atoms with Crippen LogP contribution in [-0.4, -0.2) is 19.3 Å². The van der Waals surface area contributed by atoms with Gasteiger partial charge in [0.25, 0.3) is 0 Å². The fraction of sp³-hybridized carbons (Fsp3) is 0.179.